The van der Waals surface area contributed by atoms with Crippen LogP contribution in [0.3, 0.4) is 0 Å². The number of carbonyl (C=O) groups is 1. The fraction of sp³-hybridized carbons (Fsp3) is 0.400. The Morgan fingerprint density at radius 3 is 2.48 bits per heavy atom. The lowest BCUT2D eigenvalue weighted by atomic mass is 10.2. The van der Waals surface area contributed by atoms with Gasteiger partial charge >= 0.3 is 6.03 Å². The van der Waals surface area contributed by atoms with E-state index in [1.54, 1.807) is 14.2 Å². The number of nitrogens with one attached hydrogen (secondary N) is 1. The van der Waals surface area contributed by atoms with E-state index >= 15 is 0 Å². The van der Waals surface area contributed by atoms with Crippen molar-refractivity contribution in [3.8, 4) is 11.6 Å². The third-order valence-electron chi connectivity index (χ3n) is 4.85. The molecule has 1 aliphatic rings. The molecule has 7 nitrogen and oxygen atoms in total. The number of benzene rings is 1. The first kappa shape index (κ1) is 18.8. The first-order valence-electron chi connectivity index (χ1n) is 8.99. The summed E-state index contributed by atoms with van der Waals surface area (Å²) in [7, 11) is 3.22. The Bertz CT molecular complexity index is 817. The predicted molar refractivity (Wildman–Crippen MR) is 106 cm³/mol. The number of urea groups is 1. The van der Waals surface area contributed by atoms with Crippen molar-refractivity contribution in [1.29, 1.82) is 0 Å². The van der Waals surface area contributed by atoms with Gasteiger partial charge in [0.2, 0.25) is 5.88 Å². The molecular formula is C20H26N4O3. The van der Waals surface area contributed by atoms with E-state index in [9.17, 15) is 4.79 Å². The molecule has 3 rings (SSSR count). The molecule has 0 spiro atoms. The highest BCUT2D eigenvalue weighted by atomic mass is 16.5. The molecular weight excluding hydrogens is 344 g/mol. The number of hydrogen-bond acceptors (Lipinski definition) is 5. The Labute approximate surface area is 159 Å². The summed E-state index contributed by atoms with van der Waals surface area (Å²) < 4.78 is 10.6. The van der Waals surface area contributed by atoms with Gasteiger partial charge in [0.1, 0.15) is 11.4 Å². The second kappa shape index (κ2) is 8.16. The Morgan fingerprint density at radius 1 is 1.07 bits per heavy atom. The van der Waals surface area contributed by atoms with Crippen LogP contribution in [-0.4, -0.2) is 56.3 Å². The van der Waals surface area contributed by atoms with E-state index in [2.05, 4.69) is 21.3 Å². The van der Waals surface area contributed by atoms with E-state index < -0.39 is 0 Å². The van der Waals surface area contributed by atoms with Crippen LogP contribution in [0, 0.1) is 13.8 Å². The van der Waals surface area contributed by atoms with E-state index in [1.807, 2.05) is 43.0 Å². The molecule has 0 aliphatic carbocycles. The van der Waals surface area contributed by atoms with Crippen molar-refractivity contribution in [3.05, 3.63) is 41.6 Å². The molecule has 0 radical (unpaired) electrons. The molecule has 1 aliphatic heterocycles. The number of ether oxygens (including phenoxy) is 2. The molecule has 0 unspecified atom stereocenters. The monoisotopic (exact) mass is 370 g/mol. The Hall–Kier alpha value is -2.96. The van der Waals surface area contributed by atoms with Crippen LogP contribution >= 0.6 is 0 Å². The number of carbonyl (C=O) groups excluding carboxylic acids is 1. The van der Waals surface area contributed by atoms with Crippen LogP contribution in [0.4, 0.5) is 16.2 Å². The summed E-state index contributed by atoms with van der Waals surface area (Å²) in [6.07, 6.45) is 0. The van der Waals surface area contributed by atoms with Gasteiger partial charge in [-0.1, -0.05) is 6.07 Å². The summed E-state index contributed by atoms with van der Waals surface area (Å²) in [5.74, 6) is 1.27. The second-order valence-electron chi connectivity index (χ2n) is 6.55. The maximum absolute atomic E-state index is 12.7. The number of methoxy groups -OCH3 is 2. The minimum atomic E-state index is -0.136. The highest BCUT2D eigenvalue weighted by Crippen LogP contribution is 2.25. The zero-order valence-electron chi connectivity index (χ0n) is 16.3. The molecule has 0 bridgehead atoms. The van der Waals surface area contributed by atoms with Crippen LogP contribution in [0.25, 0.3) is 0 Å². The van der Waals surface area contributed by atoms with Crippen molar-refractivity contribution in [2.75, 3.05) is 50.6 Å². The summed E-state index contributed by atoms with van der Waals surface area (Å²) in [5, 5.41) is 2.93. The number of rotatable bonds is 4. The number of hydrogen-bond donors (Lipinski definition) is 1. The molecule has 2 heterocycles. The summed E-state index contributed by atoms with van der Waals surface area (Å²) >= 11 is 0. The minimum Gasteiger partial charge on any atom is -0.497 e. The standard InChI is InChI=1S/C20H26N4O3/c1-14-12-18(19(27-4)21-15(14)2)22-20(25)24-10-8-23(9-11-24)16-6-5-7-17(13-16)26-3/h5-7,12-13H,8-11H2,1-4H3,(H,22,25). The first-order valence-corrected chi connectivity index (χ1v) is 8.99. The third kappa shape index (κ3) is 4.24. The van der Waals surface area contributed by atoms with Crippen LogP contribution in [0.5, 0.6) is 11.6 Å². The molecule has 1 fully saturated rings. The van der Waals surface area contributed by atoms with Gasteiger partial charge in [0.05, 0.1) is 14.2 Å². The Balaban J connectivity index is 1.63. The summed E-state index contributed by atoms with van der Waals surface area (Å²) in [4.78, 5) is 21.1. The number of piperazine rings is 1. The molecule has 1 N–H and O–H groups in total. The van der Waals surface area contributed by atoms with Crippen molar-refractivity contribution in [2.24, 2.45) is 0 Å². The molecule has 2 amide bonds. The van der Waals surface area contributed by atoms with E-state index in [1.165, 1.54) is 0 Å². The molecule has 1 aromatic heterocycles. The lowest BCUT2D eigenvalue weighted by Crippen LogP contribution is -2.50. The lowest BCUT2D eigenvalue weighted by molar-refractivity contribution is 0.208. The molecule has 7 heteroatoms. The largest absolute Gasteiger partial charge is 0.497 e. The van der Waals surface area contributed by atoms with Gasteiger partial charge in [-0.3, -0.25) is 0 Å². The van der Waals surface area contributed by atoms with Gasteiger partial charge < -0.3 is 24.6 Å². The molecule has 1 aromatic carbocycles. The quantitative estimate of drug-likeness (QED) is 0.896. The average Bonchev–Trinajstić information content (AvgIpc) is 2.70. The smallest absolute Gasteiger partial charge is 0.322 e. The van der Waals surface area contributed by atoms with E-state index in [0.29, 0.717) is 24.7 Å². The number of aryl methyl sites for hydroxylation is 2. The fourth-order valence-corrected chi connectivity index (χ4v) is 3.10. The number of amides is 2. The second-order valence-corrected chi connectivity index (χ2v) is 6.55. The zero-order chi connectivity index (χ0) is 19.4. The predicted octanol–water partition coefficient (Wildman–Crippen LogP) is 3.07. The minimum absolute atomic E-state index is 0.136. The van der Waals surface area contributed by atoms with Crippen LogP contribution in [-0.2, 0) is 0 Å². The summed E-state index contributed by atoms with van der Waals surface area (Å²) in [6, 6.07) is 9.74. The van der Waals surface area contributed by atoms with Crippen molar-refractivity contribution in [1.82, 2.24) is 9.88 Å². The van der Waals surface area contributed by atoms with Crippen molar-refractivity contribution in [3.63, 3.8) is 0 Å². The van der Waals surface area contributed by atoms with Gasteiger partial charge in [-0.15, -0.1) is 0 Å². The Morgan fingerprint density at radius 2 is 1.81 bits per heavy atom. The van der Waals surface area contributed by atoms with Crippen LogP contribution in [0.2, 0.25) is 0 Å². The third-order valence-corrected chi connectivity index (χ3v) is 4.85. The molecule has 0 saturated carbocycles. The van der Waals surface area contributed by atoms with Gasteiger partial charge in [0.15, 0.2) is 0 Å². The lowest BCUT2D eigenvalue weighted by Gasteiger charge is -2.36. The Kier molecular flexibility index (Phi) is 5.69. The SMILES string of the molecule is COc1cccc(N2CCN(C(=O)Nc3cc(C)c(C)nc3OC)CC2)c1. The maximum atomic E-state index is 12.7. The van der Waals surface area contributed by atoms with Crippen LogP contribution in [0.1, 0.15) is 11.3 Å². The maximum Gasteiger partial charge on any atom is 0.322 e. The van der Waals surface area contributed by atoms with Gasteiger partial charge in [0, 0.05) is 43.6 Å². The number of pyridine rings is 1. The first-order chi connectivity index (χ1) is 13.0. The van der Waals surface area contributed by atoms with E-state index in [-0.39, 0.29) is 6.03 Å². The van der Waals surface area contributed by atoms with Gasteiger partial charge in [-0.2, -0.15) is 0 Å². The van der Waals surface area contributed by atoms with E-state index in [4.69, 9.17) is 9.47 Å². The van der Waals surface area contributed by atoms with E-state index in [0.717, 1.165) is 35.8 Å². The topological polar surface area (TPSA) is 66.9 Å². The molecule has 2 aromatic rings. The molecule has 0 atom stereocenters. The van der Waals surface area contributed by atoms with Gasteiger partial charge in [-0.05, 0) is 37.6 Å². The summed E-state index contributed by atoms with van der Waals surface area (Å²) in [6.45, 7) is 6.70. The van der Waals surface area contributed by atoms with Crippen LogP contribution in [0.15, 0.2) is 30.3 Å². The number of aromatic nitrogens is 1. The van der Waals surface area contributed by atoms with Crippen molar-refractivity contribution >= 4 is 17.4 Å². The van der Waals surface area contributed by atoms with Crippen molar-refractivity contribution in [2.45, 2.75) is 13.8 Å². The van der Waals surface area contributed by atoms with Crippen molar-refractivity contribution < 1.29 is 14.3 Å². The average molecular weight is 370 g/mol. The fourth-order valence-electron chi connectivity index (χ4n) is 3.10. The number of anilines is 2. The normalized spacial score (nSPS) is 14.1. The molecule has 144 valence electrons. The zero-order valence-corrected chi connectivity index (χ0v) is 16.3. The van der Waals surface area contributed by atoms with Gasteiger partial charge in [0.25, 0.3) is 0 Å². The highest BCUT2D eigenvalue weighted by Gasteiger charge is 2.22. The summed E-state index contributed by atoms with van der Waals surface area (Å²) in [5.41, 5.74) is 3.60. The molecule has 1 saturated heterocycles. The van der Waals surface area contributed by atoms with Gasteiger partial charge in [-0.25, -0.2) is 9.78 Å². The highest BCUT2D eigenvalue weighted by molar-refractivity contribution is 5.91. The van der Waals surface area contributed by atoms with Crippen LogP contribution < -0.4 is 19.7 Å². The molecule has 27 heavy (non-hydrogen) atoms. The number of nitrogens with zero attached hydrogens (tertiary/aromatic N) is 3.